The van der Waals surface area contributed by atoms with Crippen molar-refractivity contribution in [3.8, 4) is 11.5 Å². The lowest BCUT2D eigenvalue weighted by Crippen LogP contribution is -2.22. The van der Waals surface area contributed by atoms with Crippen LogP contribution >= 0.6 is 0 Å². The zero-order chi connectivity index (χ0) is 16.8. The maximum absolute atomic E-state index is 13.1. The van der Waals surface area contributed by atoms with Crippen molar-refractivity contribution in [1.29, 1.82) is 0 Å². The normalized spacial score (nSPS) is 12.5. The molecule has 5 heteroatoms. The minimum Gasteiger partial charge on any atom is -0.454 e. The van der Waals surface area contributed by atoms with E-state index in [1.165, 1.54) is 18.2 Å². The molecule has 1 amide bonds. The minimum atomic E-state index is -0.233. The molecule has 0 saturated heterocycles. The van der Waals surface area contributed by atoms with E-state index in [9.17, 15) is 9.18 Å². The van der Waals surface area contributed by atoms with Crippen LogP contribution in [0.3, 0.4) is 0 Å². The maximum Gasteiger partial charge on any atom is 0.243 e. The van der Waals surface area contributed by atoms with E-state index >= 15 is 0 Å². The number of benzene rings is 2. The third-order valence-corrected chi connectivity index (χ3v) is 3.65. The van der Waals surface area contributed by atoms with Gasteiger partial charge in [0.25, 0.3) is 0 Å². The SMILES string of the molecule is O=C(/C=C/c1ccc2c(c1)OCO2)NCCCc1cccc(F)c1. The number of fused-ring (bicyclic) bond motifs is 1. The first kappa shape index (κ1) is 16.1. The molecule has 0 atom stereocenters. The number of nitrogens with one attached hydrogen (secondary N) is 1. The largest absolute Gasteiger partial charge is 0.454 e. The Hall–Kier alpha value is -2.82. The van der Waals surface area contributed by atoms with E-state index in [4.69, 9.17) is 9.47 Å². The van der Waals surface area contributed by atoms with Gasteiger partial charge in [-0.2, -0.15) is 0 Å². The van der Waals surface area contributed by atoms with Crippen LogP contribution in [0.4, 0.5) is 4.39 Å². The number of ether oxygens (including phenoxy) is 2. The Morgan fingerprint density at radius 2 is 2.04 bits per heavy atom. The molecule has 0 spiro atoms. The Morgan fingerprint density at radius 1 is 1.17 bits per heavy atom. The zero-order valence-corrected chi connectivity index (χ0v) is 13.1. The molecular formula is C19H18FNO3. The molecule has 1 aliphatic heterocycles. The van der Waals surface area contributed by atoms with Gasteiger partial charge in [-0.15, -0.1) is 0 Å². The predicted molar refractivity (Wildman–Crippen MR) is 89.3 cm³/mol. The van der Waals surface area contributed by atoms with Crippen LogP contribution in [0.25, 0.3) is 6.08 Å². The second-order valence-corrected chi connectivity index (χ2v) is 5.47. The zero-order valence-electron chi connectivity index (χ0n) is 13.1. The molecule has 1 aliphatic rings. The molecule has 2 aromatic carbocycles. The van der Waals surface area contributed by atoms with Crippen LogP contribution < -0.4 is 14.8 Å². The summed E-state index contributed by atoms with van der Waals surface area (Å²) in [6.45, 7) is 0.773. The monoisotopic (exact) mass is 327 g/mol. The van der Waals surface area contributed by atoms with Crippen molar-refractivity contribution in [2.45, 2.75) is 12.8 Å². The predicted octanol–water partition coefficient (Wildman–Crippen LogP) is 3.32. The lowest BCUT2D eigenvalue weighted by molar-refractivity contribution is -0.116. The molecule has 0 unspecified atom stereocenters. The van der Waals surface area contributed by atoms with Crippen molar-refractivity contribution in [3.05, 3.63) is 65.5 Å². The van der Waals surface area contributed by atoms with Gasteiger partial charge in [0, 0.05) is 12.6 Å². The lowest BCUT2D eigenvalue weighted by Gasteiger charge is -2.03. The summed E-state index contributed by atoms with van der Waals surface area (Å²) < 4.78 is 23.6. The number of hydrogen-bond acceptors (Lipinski definition) is 3. The molecule has 0 bridgehead atoms. The van der Waals surface area contributed by atoms with Gasteiger partial charge >= 0.3 is 0 Å². The minimum absolute atomic E-state index is 0.160. The third-order valence-electron chi connectivity index (χ3n) is 3.65. The van der Waals surface area contributed by atoms with Crippen molar-refractivity contribution >= 4 is 12.0 Å². The van der Waals surface area contributed by atoms with Gasteiger partial charge in [-0.1, -0.05) is 18.2 Å². The number of aryl methyl sites for hydroxylation is 1. The molecule has 0 aromatic heterocycles. The Morgan fingerprint density at radius 3 is 2.92 bits per heavy atom. The highest BCUT2D eigenvalue weighted by Crippen LogP contribution is 2.32. The van der Waals surface area contributed by atoms with Crippen LogP contribution in [0.5, 0.6) is 11.5 Å². The highest BCUT2D eigenvalue weighted by atomic mass is 19.1. The second kappa shape index (κ2) is 7.64. The second-order valence-electron chi connectivity index (χ2n) is 5.47. The van der Waals surface area contributed by atoms with Gasteiger partial charge in [-0.05, 0) is 54.3 Å². The first-order valence-electron chi connectivity index (χ1n) is 7.81. The Kier molecular flexibility index (Phi) is 5.11. The van der Waals surface area contributed by atoms with Gasteiger partial charge in [0.15, 0.2) is 11.5 Å². The fourth-order valence-electron chi connectivity index (χ4n) is 2.44. The quantitative estimate of drug-likeness (QED) is 0.654. The van der Waals surface area contributed by atoms with E-state index in [0.717, 1.165) is 24.0 Å². The molecule has 2 aromatic rings. The summed E-state index contributed by atoms with van der Waals surface area (Å²) in [6.07, 6.45) is 4.69. The van der Waals surface area contributed by atoms with E-state index in [0.29, 0.717) is 18.0 Å². The highest BCUT2D eigenvalue weighted by Gasteiger charge is 2.12. The Bertz CT molecular complexity index is 758. The Balaban J connectivity index is 1.42. The van der Waals surface area contributed by atoms with E-state index in [-0.39, 0.29) is 18.5 Å². The van der Waals surface area contributed by atoms with E-state index in [1.54, 1.807) is 12.1 Å². The fourth-order valence-corrected chi connectivity index (χ4v) is 2.44. The molecule has 4 nitrogen and oxygen atoms in total. The molecule has 24 heavy (non-hydrogen) atoms. The molecule has 0 saturated carbocycles. The number of carbonyl (C=O) groups is 1. The van der Waals surface area contributed by atoms with E-state index < -0.39 is 0 Å². The standard InChI is InChI=1S/C19H18FNO3/c20-16-5-1-3-14(11-16)4-2-10-21-19(22)9-7-15-6-8-17-18(12-15)24-13-23-17/h1,3,5-9,11-12H,2,4,10,13H2,(H,21,22)/b9-7+. The van der Waals surface area contributed by atoms with Crippen LogP contribution in [-0.4, -0.2) is 19.2 Å². The number of amides is 1. The van der Waals surface area contributed by atoms with Crippen LogP contribution in [0, 0.1) is 5.82 Å². The average molecular weight is 327 g/mol. The molecular weight excluding hydrogens is 309 g/mol. The summed E-state index contributed by atoms with van der Waals surface area (Å²) in [4.78, 5) is 11.8. The summed E-state index contributed by atoms with van der Waals surface area (Å²) in [5.74, 6) is 1.01. The molecule has 124 valence electrons. The maximum atomic E-state index is 13.1. The molecule has 1 heterocycles. The van der Waals surface area contributed by atoms with Crippen LogP contribution in [0.2, 0.25) is 0 Å². The van der Waals surface area contributed by atoms with Crippen LogP contribution in [0.15, 0.2) is 48.5 Å². The van der Waals surface area contributed by atoms with Crippen LogP contribution in [0.1, 0.15) is 17.5 Å². The Labute approximate surface area is 139 Å². The molecule has 0 radical (unpaired) electrons. The molecule has 0 fully saturated rings. The van der Waals surface area contributed by atoms with Crippen molar-refractivity contribution in [2.75, 3.05) is 13.3 Å². The fraction of sp³-hybridized carbons (Fsp3) is 0.211. The van der Waals surface area contributed by atoms with Gasteiger partial charge in [0.1, 0.15) is 5.82 Å². The summed E-state index contributed by atoms with van der Waals surface area (Å²) in [5, 5.41) is 2.81. The van der Waals surface area contributed by atoms with Gasteiger partial charge in [-0.25, -0.2) is 4.39 Å². The molecule has 0 aliphatic carbocycles. The van der Waals surface area contributed by atoms with Crippen molar-refractivity contribution in [2.24, 2.45) is 0 Å². The number of halogens is 1. The van der Waals surface area contributed by atoms with Gasteiger partial charge in [-0.3, -0.25) is 4.79 Å². The first-order valence-corrected chi connectivity index (χ1v) is 7.81. The smallest absolute Gasteiger partial charge is 0.243 e. The first-order chi connectivity index (χ1) is 11.7. The summed E-state index contributed by atoms with van der Waals surface area (Å²) in [7, 11) is 0. The molecule has 3 rings (SSSR count). The third kappa shape index (κ3) is 4.35. The van der Waals surface area contributed by atoms with Crippen molar-refractivity contribution in [3.63, 3.8) is 0 Å². The average Bonchev–Trinajstić information content (AvgIpc) is 3.05. The van der Waals surface area contributed by atoms with E-state index in [1.807, 2.05) is 24.3 Å². The van der Waals surface area contributed by atoms with Crippen LogP contribution in [-0.2, 0) is 11.2 Å². The summed E-state index contributed by atoms with van der Waals surface area (Å²) in [6, 6.07) is 12.0. The van der Waals surface area contributed by atoms with Crippen molar-refractivity contribution in [1.82, 2.24) is 5.32 Å². The summed E-state index contributed by atoms with van der Waals surface area (Å²) >= 11 is 0. The topological polar surface area (TPSA) is 47.6 Å². The number of carbonyl (C=O) groups excluding carboxylic acids is 1. The highest BCUT2D eigenvalue weighted by molar-refractivity contribution is 5.91. The number of hydrogen-bond donors (Lipinski definition) is 1. The van der Waals surface area contributed by atoms with Gasteiger partial charge in [0.05, 0.1) is 0 Å². The summed E-state index contributed by atoms with van der Waals surface area (Å²) in [5.41, 5.74) is 1.80. The number of rotatable bonds is 6. The van der Waals surface area contributed by atoms with E-state index in [2.05, 4.69) is 5.32 Å². The van der Waals surface area contributed by atoms with Gasteiger partial charge < -0.3 is 14.8 Å². The lowest BCUT2D eigenvalue weighted by atomic mass is 10.1. The van der Waals surface area contributed by atoms with Crippen molar-refractivity contribution < 1.29 is 18.7 Å². The molecule has 1 N–H and O–H groups in total. The van der Waals surface area contributed by atoms with Gasteiger partial charge in [0.2, 0.25) is 12.7 Å².